The Hall–Kier alpha value is -2.96. The Morgan fingerprint density at radius 2 is 1.66 bits per heavy atom. The first kappa shape index (κ1) is 20.9. The number of fused-ring (bicyclic) bond motifs is 1. The molecular formula is C26H27N3O2S. The maximum Gasteiger partial charge on any atom is 0.255 e. The molecule has 6 heteroatoms. The molecule has 3 heterocycles. The highest BCUT2D eigenvalue weighted by molar-refractivity contribution is 7.10. The average molecular weight is 446 g/mol. The van der Waals surface area contributed by atoms with Gasteiger partial charge < -0.3 is 9.80 Å². The second-order valence-corrected chi connectivity index (χ2v) is 9.45. The van der Waals surface area contributed by atoms with E-state index in [0.29, 0.717) is 13.0 Å². The summed E-state index contributed by atoms with van der Waals surface area (Å²) >= 11 is 1.62. The van der Waals surface area contributed by atoms with Crippen molar-refractivity contribution in [1.29, 1.82) is 0 Å². The molecule has 0 aliphatic carbocycles. The van der Waals surface area contributed by atoms with E-state index in [4.69, 9.17) is 0 Å². The third-order valence-electron chi connectivity index (χ3n) is 6.44. The van der Waals surface area contributed by atoms with Crippen LogP contribution in [0.5, 0.6) is 0 Å². The van der Waals surface area contributed by atoms with Crippen molar-refractivity contribution in [2.24, 2.45) is 0 Å². The molecule has 1 atom stereocenters. The molecule has 2 amide bonds. The van der Waals surface area contributed by atoms with Gasteiger partial charge in [-0.15, -0.1) is 11.3 Å². The normalized spacial score (nSPS) is 17.4. The minimum Gasteiger partial charge on any atom is -0.340 e. The largest absolute Gasteiger partial charge is 0.340 e. The van der Waals surface area contributed by atoms with Gasteiger partial charge in [0, 0.05) is 49.7 Å². The summed E-state index contributed by atoms with van der Waals surface area (Å²) in [4.78, 5) is 33.7. The molecule has 2 aliphatic rings. The summed E-state index contributed by atoms with van der Waals surface area (Å²) < 4.78 is 0. The summed E-state index contributed by atoms with van der Waals surface area (Å²) in [7, 11) is 0. The number of thiophene rings is 1. The van der Waals surface area contributed by atoms with Crippen molar-refractivity contribution in [3.05, 3.63) is 93.7 Å². The summed E-state index contributed by atoms with van der Waals surface area (Å²) in [6.45, 7) is 4.70. The smallest absolute Gasteiger partial charge is 0.255 e. The van der Waals surface area contributed by atoms with E-state index in [1.54, 1.807) is 11.3 Å². The van der Waals surface area contributed by atoms with Gasteiger partial charge in [-0.2, -0.15) is 0 Å². The zero-order valence-electron chi connectivity index (χ0n) is 18.0. The minimum atomic E-state index is -0.218. The molecule has 0 unspecified atom stereocenters. The van der Waals surface area contributed by atoms with Gasteiger partial charge in [-0.1, -0.05) is 54.6 Å². The minimum absolute atomic E-state index is 0.0273. The van der Waals surface area contributed by atoms with E-state index >= 15 is 0 Å². The van der Waals surface area contributed by atoms with E-state index in [-0.39, 0.29) is 17.9 Å². The van der Waals surface area contributed by atoms with E-state index in [0.717, 1.165) is 48.7 Å². The first-order chi connectivity index (χ1) is 15.7. The van der Waals surface area contributed by atoms with Crippen LogP contribution in [0.15, 0.2) is 72.1 Å². The third-order valence-corrected chi connectivity index (χ3v) is 7.41. The van der Waals surface area contributed by atoms with Crippen LogP contribution in [-0.4, -0.2) is 52.7 Å². The fourth-order valence-corrected chi connectivity index (χ4v) is 5.50. The lowest BCUT2D eigenvalue weighted by Gasteiger charge is -2.36. The summed E-state index contributed by atoms with van der Waals surface area (Å²) in [5.41, 5.74) is 3.11. The van der Waals surface area contributed by atoms with Gasteiger partial charge in [-0.3, -0.25) is 14.5 Å². The Morgan fingerprint density at radius 1 is 0.906 bits per heavy atom. The number of nitrogens with zero attached hydrogens (tertiary/aromatic N) is 3. The summed E-state index contributed by atoms with van der Waals surface area (Å²) in [5, 5.41) is 2.02. The molecule has 3 aromatic rings. The molecule has 0 bridgehead atoms. The number of rotatable bonds is 6. The Bertz CT molecular complexity index is 1080. The lowest BCUT2D eigenvalue weighted by Crippen LogP contribution is -2.49. The molecular weight excluding hydrogens is 418 g/mol. The van der Waals surface area contributed by atoms with E-state index in [1.807, 2.05) is 57.6 Å². The fraction of sp³-hybridized carbons (Fsp3) is 0.308. The van der Waals surface area contributed by atoms with Gasteiger partial charge in [-0.25, -0.2) is 0 Å². The summed E-state index contributed by atoms with van der Waals surface area (Å²) in [5.74, 6) is 0.158. The number of hydrogen-bond acceptors (Lipinski definition) is 4. The maximum atomic E-state index is 13.3. The van der Waals surface area contributed by atoms with Crippen molar-refractivity contribution >= 4 is 23.2 Å². The zero-order chi connectivity index (χ0) is 21.9. The number of amides is 2. The second-order valence-electron chi connectivity index (χ2n) is 8.47. The Kier molecular flexibility index (Phi) is 6.06. The molecule has 1 saturated heterocycles. The second kappa shape index (κ2) is 9.27. The molecule has 2 aliphatic heterocycles. The summed E-state index contributed by atoms with van der Waals surface area (Å²) in [6, 6.07) is 22.0. The topological polar surface area (TPSA) is 43.9 Å². The van der Waals surface area contributed by atoms with Crippen LogP contribution in [0.2, 0.25) is 0 Å². The molecule has 0 saturated carbocycles. The summed E-state index contributed by atoms with van der Waals surface area (Å²) in [6.07, 6.45) is 0.332. The van der Waals surface area contributed by atoms with Crippen LogP contribution in [0.25, 0.3) is 0 Å². The molecule has 0 radical (unpaired) electrons. The molecule has 32 heavy (non-hydrogen) atoms. The molecule has 0 spiro atoms. The molecule has 5 rings (SSSR count). The van der Waals surface area contributed by atoms with Crippen LogP contribution in [-0.2, 0) is 17.9 Å². The highest BCUT2D eigenvalue weighted by Crippen LogP contribution is 2.35. The standard InChI is InChI=1S/C26H27N3O2S/c30-25(28-14-12-27(13-15-28)18-20-7-2-1-3-8-20)17-23(24-11-6-16-32-24)29-19-21-9-4-5-10-22(21)26(29)31/h1-11,16,23H,12-15,17-19H2/t23-/m1/s1. The zero-order valence-corrected chi connectivity index (χ0v) is 18.8. The van der Waals surface area contributed by atoms with E-state index in [9.17, 15) is 9.59 Å². The highest BCUT2D eigenvalue weighted by atomic mass is 32.1. The first-order valence-electron chi connectivity index (χ1n) is 11.2. The van der Waals surface area contributed by atoms with Crippen molar-refractivity contribution in [2.75, 3.05) is 26.2 Å². The molecule has 0 N–H and O–H groups in total. The van der Waals surface area contributed by atoms with Crippen molar-refractivity contribution in [2.45, 2.75) is 25.6 Å². The van der Waals surface area contributed by atoms with Gasteiger partial charge in [0.05, 0.1) is 12.5 Å². The van der Waals surface area contributed by atoms with Gasteiger partial charge in [0.1, 0.15) is 0 Å². The van der Waals surface area contributed by atoms with Crippen molar-refractivity contribution in [3.8, 4) is 0 Å². The predicted octanol–water partition coefficient (Wildman–Crippen LogP) is 4.18. The van der Waals surface area contributed by atoms with Gasteiger partial charge in [0.2, 0.25) is 5.91 Å². The Labute approximate surface area is 192 Å². The lowest BCUT2D eigenvalue weighted by molar-refractivity contribution is -0.134. The molecule has 5 nitrogen and oxygen atoms in total. The van der Waals surface area contributed by atoms with Crippen LogP contribution in [0.3, 0.4) is 0 Å². The van der Waals surface area contributed by atoms with Crippen molar-refractivity contribution in [3.63, 3.8) is 0 Å². The average Bonchev–Trinajstić information content (AvgIpc) is 3.47. The number of piperazine rings is 1. The van der Waals surface area contributed by atoms with E-state index < -0.39 is 0 Å². The van der Waals surface area contributed by atoms with Crippen LogP contribution in [0.1, 0.15) is 38.8 Å². The van der Waals surface area contributed by atoms with Gasteiger partial charge in [0.25, 0.3) is 5.91 Å². The van der Waals surface area contributed by atoms with Gasteiger partial charge in [0.15, 0.2) is 0 Å². The predicted molar refractivity (Wildman–Crippen MR) is 126 cm³/mol. The highest BCUT2D eigenvalue weighted by Gasteiger charge is 2.36. The molecule has 2 aromatic carbocycles. The maximum absolute atomic E-state index is 13.3. The SMILES string of the molecule is O=C(C[C@H](c1cccs1)N1Cc2ccccc2C1=O)N1CCN(Cc2ccccc2)CC1. The number of benzene rings is 2. The molecule has 164 valence electrons. The van der Waals surface area contributed by atoms with Crippen molar-refractivity contribution < 1.29 is 9.59 Å². The number of hydrogen-bond donors (Lipinski definition) is 0. The van der Waals surface area contributed by atoms with Gasteiger partial charge >= 0.3 is 0 Å². The van der Waals surface area contributed by atoms with E-state index in [2.05, 4.69) is 29.2 Å². The van der Waals surface area contributed by atoms with E-state index in [1.165, 1.54) is 5.56 Å². The van der Waals surface area contributed by atoms with Crippen LogP contribution >= 0.6 is 11.3 Å². The monoisotopic (exact) mass is 445 g/mol. The lowest BCUT2D eigenvalue weighted by atomic mass is 10.1. The first-order valence-corrected chi connectivity index (χ1v) is 12.0. The fourth-order valence-electron chi connectivity index (χ4n) is 4.67. The molecule has 1 fully saturated rings. The van der Waals surface area contributed by atoms with Crippen molar-refractivity contribution in [1.82, 2.24) is 14.7 Å². The number of carbonyl (C=O) groups is 2. The number of carbonyl (C=O) groups excluding carboxylic acids is 2. The third kappa shape index (κ3) is 4.33. The van der Waals surface area contributed by atoms with Gasteiger partial charge in [-0.05, 0) is 28.6 Å². The van der Waals surface area contributed by atoms with Crippen LogP contribution in [0, 0.1) is 0 Å². The van der Waals surface area contributed by atoms with Crippen LogP contribution in [0.4, 0.5) is 0 Å². The molecule has 1 aromatic heterocycles. The quantitative estimate of drug-likeness (QED) is 0.572. The van der Waals surface area contributed by atoms with Crippen LogP contribution < -0.4 is 0 Å². The Balaban J connectivity index is 1.24. The Morgan fingerprint density at radius 3 is 2.38 bits per heavy atom.